The smallest absolute Gasteiger partial charge is 0.150 e. The van der Waals surface area contributed by atoms with Crippen molar-refractivity contribution in [1.82, 2.24) is 0 Å². The van der Waals surface area contributed by atoms with Crippen LogP contribution >= 0.6 is 0 Å². The Morgan fingerprint density at radius 1 is 0.783 bits per heavy atom. The van der Waals surface area contributed by atoms with Crippen LogP contribution in [0.5, 0.6) is 5.75 Å². The maximum atomic E-state index is 11.3. The zero-order valence-electron chi connectivity index (χ0n) is 12.8. The normalized spacial score (nSPS) is 10.3. The Hall–Kier alpha value is -2.87. The summed E-state index contributed by atoms with van der Waals surface area (Å²) in [5.74, 6) is 0.783. The van der Waals surface area contributed by atoms with Gasteiger partial charge >= 0.3 is 0 Å². The highest BCUT2D eigenvalue weighted by atomic mass is 16.5. The molecule has 23 heavy (non-hydrogen) atoms. The van der Waals surface area contributed by atoms with E-state index >= 15 is 0 Å². The molecule has 0 aliphatic heterocycles. The summed E-state index contributed by atoms with van der Waals surface area (Å²) in [6.07, 6.45) is 1.62. The first-order chi connectivity index (χ1) is 11.3. The van der Waals surface area contributed by atoms with Crippen LogP contribution in [0.3, 0.4) is 0 Å². The van der Waals surface area contributed by atoms with E-state index in [-0.39, 0.29) is 0 Å². The molecule has 3 rings (SSSR count). The first-order valence-corrected chi connectivity index (χ1v) is 7.64. The number of hydrogen-bond donors (Lipinski definition) is 0. The lowest BCUT2D eigenvalue weighted by atomic mass is 10.00. The second kappa shape index (κ2) is 7.41. The van der Waals surface area contributed by atoms with E-state index in [2.05, 4.69) is 12.1 Å². The largest absolute Gasteiger partial charge is 0.489 e. The molecular formula is C21H18O2. The van der Waals surface area contributed by atoms with Crippen LogP contribution < -0.4 is 4.74 Å². The molecule has 2 nitrogen and oxygen atoms in total. The van der Waals surface area contributed by atoms with Crippen LogP contribution in [-0.2, 0) is 13.0 Å². The predicted octanol–water partition coefficient (Wildman–Crippen LogP) is 4.67. The van der Waals surface area contributed by atoms with Gasteiger partial charge in [0.15, 0.2) is 0 Å². The highest BCUT2D eigenvalue weighted by Gasteiger charge is 2.06. The van der Waals surface area contributed by atoms with Crippen molar-refractivity contribution in [3.63, 3.8) is 0 Å². The number of hydrogen-bond acceptors (Lipinski definition) is 2. The fourth-order valence-electron chi connectivity index (χ4n) is 2.50. The van der Waals surface area contributed by atoms with E-state index in [1.54, 1.807) is 0 Å². The lowest BCUT2D eigenvalue weighted by Gasteiger charge is -2.10. The molecular weight excluding hydrogens is 284 g/mol. The maximum absolute atomic E-state index is 11.3. The molecule has 0 amide bonds. The van der Waals surface area contributed by atoms with Crippen LogP contribution in [0.2, 0.25) is 0 Å². The molecule has 0 atom stereocenters. The van der Waals surface area contributed by atoms with E-state index in [0.717, 1.165) is 29.6 Å². The van der Waals surface area contributed by atoms with Crippen LogP contribution in [0.15, 0.2) is 78.9 Å². The van der Waals surface area contributed by atoms with Crippen LogP contribution in [0, 0.1) is 0 Å². The number of aldehydes is 1. The van der Waals surface area contributed by atoms with E-state index < -0.39 is 0 Å². The first kappa shape index (κ1) is 15.0. The zero-order chi connectivity index (χ0) is 15.9. The minimum absolute atomic E-state index is 0.520. The van der Waals surface area contributed by atoms with Gasteiger partial charge in [0, 0.05) is 5.56 Å². The molecule has 0 saturated carbocycles. The van der Waals surface area contributed by atoms with Gasteiger partial charge in [-0.15, -0.1) is 0 Å². The highest BCUT2D eigenvalue weighted by molar-refractivity contribution is 5.78. The summed E-state index contributed by atoms with van der Waals surface area (Å²) in [6.45, 7) is 0.520. The van der Waals surface area contributed by atoms with E-state index in [1.807, 2.05) is 66.7 Å². The molecule has 0 aromatic heterocycles. The number of ether oxygens (including phenoxy) is 1. The number of carbonyl (C=O) groups is 1. The zero-order valence-corrected chi connectivity index (χ0v) is 12.8. The van der Waals surface area contributed by atoms with Gasteiger partial charge in [-0.05, 0) is 41.3 Å². The van der Waals surface area contributed by atoms with Gasteiger partial charge in [-0.1, -0.05) is 60.7 Å². The average molecular weight is 302 g/mol. The molecule has 114 valence electrons. The minimum Gasteiger partial charge on any atom is -0.489 e. The van der Waals surface area contributed by atoms with Gasteiger partial charge in [-0.2, -0.15) is 0 Å². The molecule has 0 bridgehead atoms. The molecule has 0 saturated heterocycles. The summed E-state index contributed by atoms with van der Waals surface area (Å²) < 4.78 is 5.85. The van der Waals surface area contributed by atoms with Crippen molar-refractivity contribution in [2.45, 2.75) is 13.0 Å². The monoisotopic (exact) mass is 302 g/mol. The number of benzene rings is 3. The van der Waals surface area contributed by atoms with Crippen LogP contribution in [-0.4, -0.2) is 6.29 Å². The molecule has 3 aromatic rings. The number of carbonyl (C=O) groups excluding carboxylic acids is 1. The molecule has 0 heterocycles. The van der Waals surface area contributed by atoms with Gasteiger partial charge in [0.25, 0.3) is 0 Å². The highest BCUT2D eigenvalue weighted by Crippen LogP contribution is 2.21. The lowest BCUT2D eigenvalue weighted by molar-refractivity contribution is 0.112. The Labute approximate surface area is 136 Å². The maximum Gasteiger partial charge on any atom is 0.150 e. The van der Waals surface area contributed by atoms with E-state index in [4.69, 9.17) is 4.74 Å². The summed E-state index contributed by atoms with van der Waals surface area (Å²) in [4.78, 5) is 11.3. The Morgan fingerprint density at radius 2 is 1.43 bits per heavy atom. The Balaban J connectivity index is 1.77. The Bertz CT molecular complexity index is 764. The fraction of sp³-hybridized carbons (Fsp3) is 0.0952. The van der Waals surface area contributed by atoms with Crippen LogP contribution in [0.1, 0.15) is 27.0 Å². The van der Waals surface area contributed by atoms with Crippen molar-refractivity contribution in [3.8, 4) is 5.75 Å². The number of rotatable bonds is 6. The minimum atomic E-state index is 0.520. The summed E-state index contributed by atoms with van der Waals surface area (Å²) in [5.41, 5.74) is 3.99. The molecule has 0 aliphatic carbocycles. The molecule has 0 radical (unpaired) electrons. The predicted molar refractivity (Wildman–Crippen MR) is 91.9 cm³/mol. The third kappa shape index (κ3) is 4.07. The molecule has 0 N–H and O–H groups in total. The van der Waals surface area contributed by atoms with E-state index in [0.29, 0.717) is 12.2 Å². The molecule has 3 aromatic carbocycles. The van der Waals surface area contributed by atoms with Crippen molar-refractivity contribution >= 4 is 6.29 Å². The van der Waals surface area contributed by atoms with Gasteiger partial charge in [0.05, 0.1) is 0 Å². The summed E-state index contributed by atoms with van der Waals surface area (Å²) in [5, 5.41) is 0. The molecule has 0 spiro atoms. The van der Waals surface area contributed by atoms with E-state index in [9.17, 15) is 4.79 Å². The van der Waals surface area contributed by atoms with E-state index in [1.165, 1.54) is 5.56 Å². The van der Waals surface area contributed by atoms with Crippen LogP contribution in [0.25, 0.3) is 0 Å². The van der Waals surface area contributed by atoms with Crippen molar-refractivity contribution in [2.75, 3.05) is 0 Å². The standard InChI is InChI=1S/C21H18O2/c22-15-19-11-12-21(23-16-18-9-5-2-6-10-18)14-20(19)13-17-7-3-1-4-8-17/h1-12,14-15H,13,16H2. The van der Waals surface area contributed by atoms with Crippen molar-refractivity contribution in [2.24, 2.45) is 0 Å². The first-order valence-electron chi connectivity index (χ1n) is 7.64. The average Bonchev–Trinajstić information content (AvgIpc) is 2.62. The van der Waals surface area contributed by atoms with Gasteiger partial charge in [0.2, 0.25) is 0 Å². The van der Waals surface area contributed by atoms with Crippen LogP contribution in [0.4, 0.5) is 0 Å². The third-order valence-electron chi connectivity index (χ3n) is 3.73. The summed E-state index contributed by atoms with van der Waals surface area (Å²) >= 11 is 0. The molecule has 0 unspecified atom stereocenters. The van der Waals surface area contributed by atoms with Crippen molar-refractivity contribution in [3.05, 3.63) is 101 Å². The van der Waals surface area contributed by atoms with Gasteiger partial charge in [0.1, 0.15) is 18.6 Å². The Kier molecular flexibility index (Phi) is 4.85. The van der Waals surface area contributed by atoms with Crippen molar-refractivity contribution < 1.29 is 9.53 Å². The quantitative estimate of drug-likeness (QED) is 0.619. The van der Waals surface area contributed by atoms with Gasteiger partial charge in [-0.25, -0.2) is 0 Å². The second-order valence-electron chi connectivity index (χ2n) is 5.42. The Morgan fingerprint density at radius 3 is 2.09 bits per heavy atom. The fourth-order valence-corrected chi connectivity index (χ4v) is 2.50. The summed E-state index contributed by atoms with van der Waals surface area (Å²) in [6, 6.07) is 25.8. The second-order valence-corrected chi connectivity index (χ2v) is 5.42. The molecule has 2 heteroatoms. The SMILES string of the molecule is O=Cc1ccc(OCc2ccccc2)cc1Cc1ccccc1. The third-order valence-corrected chi connectivity index (χ3v) is 3.73. The van der Waals surface area contributed by atoms with Gasteiger partial charge in [-0.3, -0.25) is 4.79 Å². The van der Waals surface area contributed by atoms with Crippen molar-refractivity contribution in [1.29, 1.82) is 0 Å². The summed E-state index contributed by atoms with van der Waals surface area (Å²) in [7, 11) is 0. The lowest BCUT2D eigenvalue weighted by Crippen LogP contribution is -1.99. The topological polar surface area (TPSA) is 26.3 Å². The molecule has 0 fully saturated rings. The molecule has 0 aliphatic rings. The van der Waals surface area contributed by atoms with Gasteiger partial charge < -0.3 is 4.74 Å².